The summed E-state index contributed by atoms with van der Waals surface area (Å²) in [5, 5.41) is 11.8. The van der Waals surface area contributed by atoms with Gasteiger partial charge >= 0.3 is 5.97 Å². The molecule has 1 aromatic rings. The highest BCUT2D eigenvalue weighted by Gasteiger charge is 2.21. The molecule has 1 heterocycles. The number of hydrogen-bond donors (Lipinski definition) is 3. The number of carbonyl (C=O) groups excluding carboxylic acids is 1. The number of ether oxygens (including phenoxy) is 1. The van der Waals surface area contributed by atoms with Gasteiger partial charge in [-0.1, -0.05) is 12.8 Å². The predicted molar refractivity (Wildman–Crippen MR) is 77.8 cm³/mol. The fraction of sp³-hybridized carbons (Fsp3) is 0.600. The second kappa shape index (κ2) is 6.76. The van der Waals surface area contributed by atoms with Crippen LogP contribution in [0.3, 0.4) is 0 Å². The van der Waals surface area contributed by atoms with Crippen LogP contribution in [0.2, 0.25) is 0 Å². The van der Waals surface area contributed by atoms with E-state index in [1.54, 1.807) is 13.8 Å². The lowest BCUT2D eigenvalue weighted by molar-refractivity contribution is 0.0581. The lowest BCUT2D eigenvalue weighted by Gasteiger charge is -2.11. The summed E-state index contributed by atoms with van der Waals surface area (Å²) in [7, 11) is 0. The summed E-state index contributed by atoms with van der Waals surface area (Å²) in [5.74, 6) is -1.32. The Morgan fingerprint density at radius 1 is 1.33 bits per heavy atom. The van der Waals surface area contributed by atoms with Crippen LogP contribution in [0.4, 0.5) is 0 Å². The summed E-state index contributed by atoms with van der Waals surface area (Å²) >= 11 is 0. The zero-order valence-electron chi connectivity index (χ0n) is 12.5. The van der Waals surface area contributed by atoms with Crippen molar-refractivity contribution in [1.29, 1.82) is 0 Å². The number of H-pyrrole nitrogens is 1. The number of carboxylic acids is 1. The van der Waals surface area contributed by atoms with Gasteiger partial charge in [0.2, 0.25) is 0 Å². The van der Waals surface area contributed by atoms with Crippen LogP contribution < -0.4 is 5.32 Å². The zero-order chi connectivity index (χ0) is 15.4. The molecule has 1 aromatic heterocycles. The van der Waals surface area contributed by atoms with Crippen LogP contribution in [0, 0.1) is 13.8 Å². The average Bonchev–Trinajstić information content (AvgIpc) is 3.03. The number of hydrogen-bond acceptors (Lipinski definition) is 3. The first-order chi connectivity index (χ1) is 10.0. The molecule has 0 spiro atoms. The van der Waals surface area contributed by atoms with E-state index >= 15 is 0 Å². The van der Waals surface area contributed by atoms with Crippen molar-refractivity contribution in [2.24, 2.45) is 0 Å². The van der Waals surface area contributed by atoms with E-state index in [9.17, 15) is 9.59 Å². The minimum absolute atomic E-state index is 0.0693. The second-order valence-corrected chi connectivity index (χ2v) is 5.46. The van der Waals surface area contributed by atoms with Gasteiger partial charge in [0, 0.05) is 12.2 Å². The number of carbonyl (C=O) groups is 2. The lowest BCUT2D eigenvalue weighted by Crippen LogP contribution is -2.29. The molecule has 3 N–H and O–H groups in total. The largest absolute Gasteiger partial charge is 0.477 e. The van der Waals surface area contributed by atoms with E-state index in [-0.39, 0.29) is 11.6 Å². The first kappa shape index (κ1) is 15.6. The Balaban J connectivity index is 1.86. The average molecular weight is 294 g/mol. The summed E-state index contributed by atoms with van der Waals surface area (Å²) in [6, 6.07) is 0. The summed E-state index contributed by atoms with van der Waals surface area (Å²) in [6.45, 7) is 4.26. The molecule has 1 amide bonds. The van der Waals surface area contributed by atoms with Crippen LogP contribution in [0.15, 0.2) is 0 Å². The highest BCUT2D eigenvalue weighted by atomic mass is 16.5. The molecule has 1 fully saturated rings. The number of aromatic amines is 1. The Labute approximate surface area is 123 Å². The van der Waals surface area contributed by atoms with Gasteiger partial charge in [0.1, 0.15) is 5.69 Å². The van der Waals surface area contributed by atoms with Crippen molar-refractivity contribution in [1.82, 2.24) is 10.3 Å². The predicted octanol–water partition coefficient (Wildman–Crippen LogP) is 2.02. The first-order valence-corrected chi connectivity index (χ1v) is 7.33. The van der Waals surface area contributed by atoms with E-state index in [1.165, 1.54) is 12.8 Å². The van der Waals surface area contributed by atoms with Crippen molar-refractivity contribution in [3.05, 3.63) is 22.5 Å². The maximum atomic E-state index is 12.1. The molecule has 1 aliphatic rings. The number of rotatable bonds is 6. The fourth-order valence-corrected chi connectivity index (χ4v) is 2.84. The van der Waals surface area contributed by atoms with Crippen molar-refractivity contribution in [3.63, 3.8) is 0 Å². The Bertz CT molecular complexity index is 530. The van der Waals surface area contributed by atoms with Crippen molar-refractivity contribution in [2.75, 3.05) is 13.2 Å². The van der Waals surface area contributed by atoms with E-state index < -0.39 is 5.97 Å². The Hall–Kier alpha value is -1.82. The molecule has 0 aromatic carbocycles. The van der Waals surface area contributed by atoms with E-state index in [0.717, 1.165) is 12.8 Å². The third-order valence-corrected chi connectivity index (χ3v) is 3.92. The molecule has 6 heteroatoms. The molecule has 0 saturated heterocycles. The topological polar surface area (TPSA) is 91.4 Å². The monoisotopic (exact) mass is 294 g/mol. The van der Waals surface area contributed by atoms with Crippen LogP contribution in [0.1, 0.15) is 57.8 Å². The van der Waals surface area contributed by atoms with Gasteiger partial charge in [-0.25, -0.2) is 4.79 Å². The molecule has 1 saturated carbocycles. The molecule has 0 aliphatic heterocycles. The van der Waals surface area contributed by atoms with E-state index in [1.807, 2.05) is 0 Å². The zero-order valence-corrected chi connectivity index (χ0v) is 12.5. The van der Waals surface area contributed by atoms with Crippen molar-refractivity contribution in [3.8, 4) is 0 Å². The minimum atomic E-state index is -1.06. The van der Waals surface area contributed by atoms with E-state index in [4.69, 9.17) is 9.84 Å². The lowest BCUT2D eigenvalue weighted by atomic mass is 10.1. The smallest absolute Gasteiger partial charge is 0.352 e. The maximum absolute atomic E-state index is 12.1. The van der Waals surface area contributed by atoms with Crippen LogP contribution in [0.25, 0.3) is 0 Å². The van der Waals surface area contributed by atoms with Gasteiger partial charge in [-0.05, 0) is 32.3 Å². The van der Waals surface area contributed by atoms with Gasteiger partial charge in [0.05, 0.1) is 18.3 Å². The van der Waals surface area contributed by atoms with Gasteiger partial charge in [0.15, 0.2) is 0 Å². The van der Waals surface area contributed by atoms with Crippen molar-refractivity contribution in [2.45, 2.75) is 45.6 Å². The minimum Gasteiger partial charge on any atom is -0.477 e. The molecule has 0 atom stereocenters. The van der Waals surface area contributed by atoms with Crippen LogP contribution in [-0.4, -0.2) is 41.2 Å². The van der Waals surface area contributed by atoms with Gasteiger partial charge < -0.3 is 20.1 Å². The quantitative estimate of drug-likeness (QED) is 0.700. The molecular formula is C15H22N2O4. The SMILES string of the molecule is Cc1[nH]c(C(=O)O)c(C)c1C(=O)NCCOC1CCCC1. The summed E-state index contributed by atoms with van der Waals surface area (Å²) < 4.78 is 5.68. The molecular weight excluding hydrogens is 272 g/mol. The second-order valence-electron chi connectivity index (χ2n) is 5.46. The number of aromatic nitrogens is 1. The Kier molecular flexibility index (Phi) is 5.01. The van der Waals surface area contributed by atoms with Gasteiger partial charge in [-0.15, -0.1) is 0 Å². The molecule has 0 bridgehead atoms. The summed E-state index contributed by atoms with van der Waals surface area (Å²) in [4.78, 5) is 25.9. The number of amides is 1. The maximum Gasteiger partial charge on any atom is 0.352 e. The standard InChI is InChI=1S/C15H22N2O4/c1-9-12(10(2)17-13(9)15(19)20)14(18)16-7-8-21-11-5-3-4-6-11/h11,17H,3-8H2,1-2H3,(H,16,18)(H,19,20). The van der Waals surface area contributed by atoms with Crippen LogP contribution >= 0.6 is 0 Å². The number of aromatic carboxylic acids is 1. The van der Waals surface area contributed by atoms with Gasteiger partial charge in [-0.3, -0.25) is 4.79 Å². The third kappa shape index (κ3) is 3.64. The number of nitrogens with one attached hydrogen (secondary N) is 2. The fourth-order valence-electron chi connectivity index (χ4n) is 2.84. The normalized spacial score (nSPS) is 15.3. The first-order valence-electron chi connectivity index (χ1n) is 7.33. The molecule has 1 aliphatic carbocycles. The van der Waals surface area contributed by atoms with Crippen LogP contribution in [0.5, 0.6) is 0 Å². The number of carboxylic acid groups (broad SMARTS) is 1. The van der Waals surface area contributed by atoms with Gasteiger partial charge in [0.25, 0.3) is 5.91 Å². The molecule has 0 radical (unpaired) electrons. The highest BCUT2D eigenvalue weighted by Crippen LogP contribution is 2.20. The molecule has 116 valence electrons. The van der Waals surface area contributed by atoms with E-state index in [0.29, 0.717) is 36.1 Å². The molecule has 0 unspecified atom stereocenters. The molecule has 21 heavy (non-hydrogen) atoms. The molecule has 6 nitrogen and oxygen atoms in total. The number of aryl methyl sites for hydroxylation is 1. The highest BCUT2D eigenvalue weighted by molar-refractivity contribution is 6.00. The Morgan fingerprint density at radius 3 is 2.57 bits per heavy atom. The van der Waals surface area contributed by atoms with Gasteiger partial charge in [-0.2, -0.15) is 0 Å². The van der Waals surface area contributed by atoms with Crippen LogP contribution in [-0.2, 0) is 4.74 Å². The van der Waals surface area contributed by atoms with E-state index in [2.05, 4.69) is 10.3 Å². The summed E-state index contributed by atoms with van der Waals surface area (Å²) in [6.07, 6.45) is 4.97. The summed E-state index contributed by atoms with van der Waals surface area (Å²) in [5.41, 5.74) is 1.52. The van der Waals surface area contributed by atoms with Crippen molar-refractivity contribution >= 4 is 11.9 Å². The van der Waals surface area contributed by atoms with Crippen molar-refractivity contribution < 1.29 is 19.4 Å². The molecule has 2 rings (SSSR count). The Morgan fingerprint density at radius 2 is 2.00 bits per heavy atom. The third-order valence-electron chi connectivity index (χ3n) is 3.92.